The fourth-order valence-electron chi connectivity index (χ4n) is 3.24. The second-order valence-corrected chi connectivity index (χ2v) is 7.35. The smallest absolute Gasteiger partial charge is 0.269 e. The average Bonchev–Trinajstić information content (AvgIpc) is 3.15. The van der Waals surface area contributed by atoms with E-state index in [0.717, 1.165) is 22.8 Å². The van der Waals surface area contributed by atoms with Gasteiger partial charge in [-0.05, 0) is 50.2 Å². The lowest BCUT2D eigenvalue weighted by atomic mass is 10.2. The molecule has 0 unspecified atom stereocenters. The molecule has 0 fully saturated rings. The van der Waals surface area contributed by atoms with Crippen molar-refractivity contribution >= 4 is 28.8 Å². The van der Waals surface area contributed by atoms with Crippen molar-refractivity contribution in [3.8, 4) is 5.69 Å². The molecule has 8 heteroatoms. The van der Waals surface area contributed by atoms with E-state index in [1.165, 1.54) is 24.3 Å². The number of rotatable bonds is 6. The first-order valence-corrected chi connectivity index (χ1v) is 9.96. The quantitative estimate of drug-likeness (QED) is 0.317. The first-order valence-electron chi connectivity index (χ1n) is 9.96. The van der Waals surface area contributed by atoms with E-state index in [9.17, 15) is 14.9 Å². The number of non-ortho nitro benzene ring substituents is 1. The molecule has 0 aliphatic rings. The number of para-hydroxylation sites is 2. The molecule has 0 aliphatic carbocycles. The van der Waals surface area contributed by atoms with Crippen LogP contribution in [0.15, 0.2) is 78.9 Å². The van der Waals surface area contributed by atoms with Crippen molar-refractivity contribution in [2.24, 2.45) is 0 Å². The minimum Gasteiger partial charge on any atom is -0.338 e. The van der Waals surface area contributed by atoms with E-state index in [1.54, 1.807) is 6.07 Å². The molecule has 4 aromatic rings. The van der Waals surface area contributed by atoms with Crippen LogP contribution in [0.3, 0.4) is 0 Å². The molecule has 0 radical (unpaired) electrons. The highest BCUT2D eigenvalue weighted by Crippen LogP contribution is 2.28. The molecule has 0 saturated carbocycles. The van der Waals surface area contributed by atoms with Gasteiger partial charge in [0.25, 0.3) is 11.6 Å². The number of nitrogens with zero attached hydrogens (tertiary/aromatic N) is 3. The Hall–Kier alpha value is -4.46. The second-order valence-electron chi connectivity index (χ2n) is 7.35. The summed E-state index contributed by atoms with van der Waals surface area (Å²) < 4.78 is 1.81. The van der Waals surface area contributed by atoms with Crippen molar-refractivity contribution in [2.45, 2.75) is 13.8 Å². The van der Waals surface area contributed by atoms with Gasteiger partial charge in [-0.2, -0.15) is 5.10 Å². The van der Waals surface area contributed by atoms with Crippen LogP contribution in [0.1, 0.15) is 21.6 Å². The summed E-state index contributed by atoms with van der Waals surface area (Å²) in [5, 5.41) is 21.6. The summed E-state index contributed by atoms with van der Waals surface area (Å²) in [6.45, 7) is 3.94. The van der Waals surface area contributed by atoms with Gasteiger partial charge in [0.2, 0.25) is 0 Å². The van der Waals surface area contributed by atoms with Crippen molar-refractivity contribution in [3.63, 3.8) is 0 Å². The lowest BCUT2D eigenvalue weighted by molar-refractivity contribution is -0.384. The van der Waals surface area contributed by atoms with Crippen molar-refractivity contribution in [3.05, 3.63) is 106 Å². The Morgan fingerprint density at radius 1 is 0.938 bits per heavy atom. The monoisotopic (exact) mass is 427 g/mol. The number of benzene rings is 3. The van der Waals surface area contributed by atoms with Crippen LogP contribution >= 0.6 is 0 Å². The highest BCUT2D eigenvalue weighted by molar-refractivity contribution is 6.06. The third-order valence-electron chi connectivity index (χ3n) is 4.89. The summed E-state index contributed by atoms with van der Waals surface area (Å²) in [5.41, 5.74) is 4.45. The molecule has 0 aliphatic heterocycles. The zero-order valence-electron chi connectivity index (χ0n) is 17.6. The number of hydrogen-bond donors (Lipinski definition) is 2. The molecule has 3 aromatic carbocycles. The van der Waals surface area contributed by atoms with Gasteiger partial charge < -0.3 is 10.6 Å². The molecule has 4 rings (SSSR count). The number of hydrogen-bond acceptors (Lipinski definition) is 5. The first kappa shape index (κ1) is 20.8. The minimum atomic E-state index is -0.500. The number of carbonyl (C=O) groups excluding carboxylic acids is 1. The number of anilines is 3. The maximum atomic E-state index is 12.7. The standard InChI is InChI=1S/C24H21N5O3/c1-16-7-11-19(12-8-16)28-23(15-17(2)27-28)25-21-5-3-4-6-22(21)26-24(30)18-9-13-20(14-10-18)29(31)32/h3-15,25H,1-2H3,(H,26,30). The Labute approximate surface area is 184 Å². The lowest BCUT2D eigenvalue weighted by Gasteiger charge is -2.14. The highest BCUT2D eigenvalue weighted by atomic mass is 16.6. The Balaban J connectivity index is 1.59. The summed E-state index contributed by atoms with van der Waals surface area (Å²) in [5.74, 6) is 0.390. The average molecular weight is 427 g/mol. The number of nitro benzene ring substituents is 1. The molecular weight excluding hydrogens is 406 g/mol. The van der Waals surface area contributed by atoms with Gasteiger partial charge in [-0.3, -0.25) is 14.9 Å². The van der Waals surface area contributed by atoms with Crippen molar-refractivity contribution in [1.29, 1.82) is 0 Å². The topological polar surface area (TPSA) is 102 Å². The van der Waals surface area contributed by atoms with E-state index in [1.807, 2.05) is 67.1 Å². The normalized spacial score (nSPS) is 10.6. The number of carbonyl (C=O) groups is 1. The molecule has 0 spiro atoms. The van der Waals surface area contributed by atoms with Gasteiger partial charge in [-0.1, -0.05) is 29.8 Å². The largest absolute Gasteiger partial charge is 0.338 e. The molecule has 0 saturated heterocycles. The fraction of sp³-hybridized carbons (Fsp3) is 0.0833. The Kier molecular flexibility index (Phi) is 5.67. The lowest BCUT2D eigenvalue weighted by Crippen LogP contribution is -2.13. The van der Waals surface area contributed by atoms with E-state index in [2.05, 4.69) is 15.7 Å². The van der Waals surface area contributed by atoms with Gasteiger partial charge in [0.15, 0.2) is 0 Å². The molecule has 2 N–H and O–H groups in total. The van der Waals surface area contributed by atoms with Gasteiger partial charge in [0, 0.05) is 23.8 Å². The molecule has 0 bridgehead atoms. The number of aryl methyl sites for hydroxylation is 2. The van der Waals surface area contributed by atoms with E-state index in [0.29, 0.717) is 16.9 Å². The van der Waals surface area contributed by atoms with Gasteiger partial charge in [-0.25, -0.2) is 4.68 Å². The molecule has 32 heavy (non-hydrogen) atoms. The first-order chi connectivity index (χ1) is 15.4. The van der Waals surface area contributed by atoms with Crippen molar-refractivity contribution < 1.29 is 9.72 Å². The molecule has 160 valence electrons. The van der Waals surface area contributed by atoms with E-state index in [-0.39, 0.29) is 11.6 Å². The van der Waals surface area contributed by atoms with Crippen LogP contribution in [0.4, 0.5) is 22.9 Å². The summed E-state index contributed by atoms with van der Waals surface area (Å²) in [6.07, 6.45) is 0. The van der Waals surface area contributed by atoms with Crippen LogP contribution in [-0.4, -0.2) is 20.6 Å². The third-order valence-corrected chi connectivity index (χ3v) is 4.89. The van der Waals surface area contributed by atoms with Crippen LogP contribution in [0.2, 0.25) is 0 Å². The van der Waals surface area contributed by atoms with Gasteiger partial charge in [0.05, 0.1) is 27.7 Å². The third kappa shape index (κ3) is 4.49. The van der Waals surface area contributed by atoms with Gasteiger partial charge >= 0.3 is 0 Å². The number of amides is 1. The Morgan fingerprint density at radius 2 is 1.59 bits per heavy atom. The molecule has 1 heterocycles. The summed E-state index contributed by atoms with van der Waals surface area (Å²) in [6, 6.07) is 22.8. The number of nitro groups is 1. The van der Waals surface area contributed by atoms with Gasteiger partial charge in [0.1, 0.15) is 5.82 Å². The van der Waals surface area contributed by atoms with Crippen LogP contribution in [0, 0.1) is 24.0 Å². The fourth-order valence-corrected chi connectivity index (χ4v) is 3.24. The van der Waals surface area contributed by atoms with Gasteiger partial charge in [-0.15, -0.1) is 0 Å². The maximum Gasteiger partial charge on any atom is 0.269 e. The summed E-state index contributed by atoms with van der Waals surface area (Å²) in [4.78, 5) is 23.0. The number of aromatic nitrogens is 2. The van der Waals surface area contributed by atoms with E-state index in [4.69, 9.17) is 0 Å². The summed E-state index contributed by atoms with van der Waals surface area (Å²) in [7, 11) is 0. The molecule has 1 aromatic heterocycles. The number of nitrogens with one attached hydrogen (secondary N) is 2. The van der Waals surface area contributed by atoms with Crippen LogP contribution in [-0.2, 0) is 0 Å². The zero-order valence-corrected chi connectivity index (χ0v) is 17.6. The highest BCUT2D eigenvalue weighted by Gasteiger charge is 2.14. The minimum absolute atomic E-state index is 0.0663. The predicted molar refractivity (Wildman–Crippen MR) is 124 cm³/mol. The molecule has 8 nitrogen and oxygen atoms in total. The SMILES string of the molecule is Cc1ccc(-n2nc(C)cc2Nc2ccccc2NC(=O)c2ccc([N+](=O)[O-])cc2)cc1. The van der Waals surface area contributed by atoms with Crippen LogP contribution < -0.4 is 10.6 Å². The maximum absolute atomic E-state index is 12.7. The molecular formula is C24H21N5O3. The van der Waals surface area contributed by atoms with Crippen molar-refractivity contribution in [1.82, 2.24) is 9.78 Å². The molecule has 0 atom stereocenters. The van der Waals surface area contributed by atoms with E-state index < -0.39 is 4.92 Å². The Morgan fingerprint density at radius 3 is 2.25 bits per heavy atom. The van der Waals surface area contributed by atoms with Crippen LogP contribution in [0.25, 0.3) is 5.69 Å². The van der Waals surface area contributed by atoms with Crippen molar-refractivity contribution in [2.75, 3.05) is 10.6 Å². The second kappa shape index (κ2) is 8.73. The zero-order chi connectivity index (χ0) is 22.7. The predicted octanol–water partition coefficient (Wildman–Crippen LogP) is 5.39. The molecule has 1 amide bonds. The van der Waals surface area contributed by atoms with E-state index >= 15 is 0 Å². The summed E-state index contributed by atoms with van der Waals surface area (Å²) >= 11 is 0. The van der Waals surface area contributed by atoms with Crippen LogP contribution in [0.5, 0.6) is 0 Å². The Bertz CT molecular complexity index is 1280.